The van der Waals surface area contributed by atoms with Crippen molar-refractivity contribution in [3.05, 3.63) is 35.4 Å². The van der Waals surface area contributed by atoms with E-state index in [-0.39, 0.29) is 11.8 Å². The molecule has 21 heavy (non-hydrogen) atoms. The van der Waals surface area contributed by atoms with Gasteiger partial charge in [-0.1, -0.05) is 24.3 Å². The molecular formula is C16H20N2O3. The zero-order valence-electron chi connectivity index (χ0n) is 12.0. The summed E-state index contributed by atoms with van der Waals surface area (Å²) in [7, 11) is 0. The molecule has 3 rings (SSSR count). The first kappa shape index (κ1) is 14.1. The molecule has 5 heteroatoms. The zero-order chi connectivity index (χ0) is 14.8. The van der Waals surface area contributed by atoms with Crippen LogP contribution in [0.5, 0.6) is 0 Å². The van der Waals surface area contributed by atoms with Crippen LogP contribution >= 0.6 is 0 Å². The van der Waals surface area contributed by atoms with Gasteiger partial charge >= 0.3 is 6.09 Å². The number of carbonyl (C=O) groups is 2. The van der Waals surface area contributed by atoms with Gasteiger partial charge in [0.15, 0.2) is 5.78 Å². The fourth-order valence-electron chi connectivity index (χ4n) is 3.36. The van der Waals surface area contributed by atoms with E-state index in [0.29, 0.717) is 32.6 Å². The van der Waals surface area contributed by atoms with Crippen LogP contribution in [0.4, 0.5) is 4.79 Å². The highest BCUT2D eigenvalue weighted by Crippen LogP contribution is 2.31. The predicted molar refractivity (Wildman–Crippen MR) is 78.3 cm³/mol. The van der Waals surface area contributed by atoms with Crippen molar-refractivity contribution >= 4 is 11.9 Å². The van der Waals surface area contributed by atoms with E-state index >= 15 is 0 Å². The van der Waals surface area contributed by atoms with Crippen LogP contribution in [0.15, 0.2) is 24.3 Å². The van der Waals surface area contributed by atoms with E-state index in [0.717, 1.165) is 18.4 Å². The first-order chi connectivity index (χ1) is 10.2. The van der Waals surface area contributed by atoms with E-state index in [9.17, 15) is 9.59 Å². The Morgan fingerprint density at radius 2 is 1.81 bits per heavy atom. The number of hydrogen-bond donors (Lipinski definition) is 1. The summed E-state index contributed by atoms with van der Waals surface area (Å²) in [5, 5.41) is 9.03. The molecule has 0 bridgehead atoms. The minimum absolute atomic E-state index is 0.195. The molecule has 1 aromatic carbocycles. The van der Waals surface area contributed by atoms with Gasteiger partial charge in [0, 0.05) is 32.6 Å². The lowest BCUT2D eigenvalue weighted by molar-refractivity contribution is -0.125. The smallest absolute Gasteiger partial charge is 0.407 e. The van der Waals surface area contributed by atoms with Gasteiger partial charge in [0.2, 0.25) is 0 Å². The topological polar surface area (TPSA) is 60.9 Å². The van der Waals surface area contributed by atoms with Crippen molar-refractivity contribution in [3.8, 4) is 0 Å². The monoisotopic (exact) mass is 288 g/mol. The summed E-state index contributed by atoms with van der Waals surface area (Å²) in [5.41, 5.74) is 2.37. The van der Waals surface area contributed by atoms with Crippen LogP contribution in [0.3, 0.4) is 0 Å². The summed E-state index contributed by atoms with van der Waals surface area (Å²) < 4.78 is 0. The number of rotatable bonds is 1. The van der Waals surface area contributed by atoms with E-state index in [1.807, 2.05) is 18.2 Å². The van der Waals surface area contributed by atoms with Crippen LogP contribution in [0.1, 0.15) is 30.0 Å². The SMILES string of the molecule is O=C1CCCc2ccccc2C1N1CCN(C(=O)O)CC1. The maximum absolute atomic E-state index is 12.5. The van der Waals surface area contributed by atoms with Crippen LogP contribution in [0.25, 0.3) is 0 Å². The number of piperazine rings is 1. The second-order valence-corrected chi connectivity index (χ2v) is 5.73. The average Bonchev–Trinajstić information content (AvgIpc) is 2.65. The molecule has 1 unspecified atom stereocenters. The number of Topliss-reactive ketones (excluding diaryl/α,β-unsaturated/α-hetero) is 1. The molecule has 0 spiro atoms. The van der Waals surface area contributed by atoms with Crippen molar-refractivity contribution in [2.24, 2.45) is 0 Å². The first-order valence-electron chi connectivity index (χ1n) is 7.49. The van der Waals surface area contributed by atoms with Gasteiger partial charge in [0.1, 0.15) is 0 Å². The molecular weight excluding hydrogens is 268 g/mol. The number of ketones is 1. The lowest BCUT2D eigenvalue weighted by Gasteiger charge is -2.37. The van der Waals surface area contributed by atoms with Gasteiger partial charge in [0.05, 0.1) is 6.04 Å². The Morgan fingerprint density at radius 3 is 2.52 bits per heavy atom. The zero-order valence-corrected chi connectivity index (χ0v) is 12.0. The Kier molecular flexibility index (Phi) is 3.92. The molecule has 1 amide bonds. The van der Waals surface area contributed by atoms with Crippen LogP contribution < -0.4 is 0 Å². The van der Waals surface area contributed by atoms with Gasteiger partial charge in [-0.25, -0.2) is 4.79 Å². The fourth-order valence-corrected chi connectivity index (χ4v) is 3.36. The van der Waals surface area contributed by atoms with E-state index in [1.54, 1.807) is 0 Å². The normalized spacial score (nSPS) is 23.5. The van der Waals surface area contributed by atoms with Gasteiger partial charge < -0.3 is 10.0 Å². The van der Waals surface area contributed by atoms with E-state index in [1.165, 1.54) is 10.5 Å². The summed E-state index contributed by atoms with van der Waals surface area (Å²) in [6.07, 6.45) is 1.59. The summed E-state index contributed by atoms with van der Waals surface area (Å²) in [5.74, 6) is 0.267. The highest BCUT2D eigenvalue weighted by atomic mass is 16.4. The molecule has 1 aliphatic heterocycles. The van der Waals surface area contributed by atoms with E-state index in [2.05, 4.69) is 11.0 Å². The number of amides is 1. The first-order valence-corrected chi connectivity index (χ1v) is 7.49. The van der Waals surface area contributed by atoms with Gasteiger partial charge in [-0.2, -0.15) is 0 Å². The molecule has 0 radical (unpaired) electrons. The highest BCUT2D eigenvalue weighted by Gasteiger charge is 2.33. The average molecular weight is 288 g/mol. The standard InChI is InChI=1S/C16H20N2O3/c19-14-7-3-5-12-4-1-2-6-13(12)15(14)17-8-10-18(11-9-17)16(20)21/h1-2,4,6,15H,3,5,7-11H2,(H,20,21). The molecule has 112 valence electrons. The number of carbonyl (C=O) groups excluding carboxylic acids is 1. The van der Waals surface area contributed by atoms with Gasteiger partial charge in [-0.15, -0.1) is 0 Å². The van der Waals surface area contributed by atoms with Crippen molar-refractivity contribution in [1.29, 1.82) is 0 Å². The lowest BCUT2D eigenvalue weighted by Crippen LogP contribution is -2.50. The molecule has 0 aromatic heterocycles. The van der Waals surface area contributed by atoms with Gasteiger partial charge in [-0.05, 0) is 24.0 Å². The maximum atomic E-state index is 12.5. The number of carboxylic acid groups (broad SMARTS) is 1. The molecule has 1 N–H and O–H groups in total. The van der Waals surface area contributed by atoms with Gasteiger partial charge in [0.25, 0.3) is 0 Å². The van der Waals surface area contributed by atoms with Crippen molar-refractivity contribution in [3.63, 3.8) is 0 Å². The Bertz CT molecular complexity index is 550. The van der Waals surface area contributed by atoms with Gasteiger partial charge in [-0.3, -0.25) is 9.69 Å². The number of benzene rings is 1. The molecule has 1 fully saturated rings. The number of nitrogens with zero attached hydrogens (tertiary/aromatic N) is 2. The minimum atomic E-state index is -0.873. The Labute approximate surface area is 124 Å². The largest absolute Gasteiger partial charge is 0.465 e. The number of hydrogen-bond acceptors (Lipinski definition) is 3. The Hall–Kier alpha value is -1.88. The minimum Gasteiger partial charge on any atom is -0.465 e. The third kappa shape index (κ3) is 2.78. The molecule has 1 aromatic rings. The quantitative estimate of drug-likeness (QED) is 0.802. The Balaban J connectivity index is 1.83. The number of fused-ring (bicyclic) bond motifs is 1. The third-order valence-electron chi connectivity index (χ3n) is 4.47. The van der Waals surface area contributed by atoms with Crippen molar-refractivity contribution in [2.75, 3.05) is 26.2 Å². The molecule has 1 saturated heterocycles. The maximum Gasteiger partial charge on any atom is 0.407 e. The third-order valence-corrected chi connectivity index (χ3v) is 4.47. The molecule has 1 atom stereocenters. The summed E-state index contributed by atoms with van der Waals surface area (Å²) in [4.78, 5) is 27.1. The molecule has 2 aliphatic rings. The molecule has 1 heterocycles. The second kappa shape index (κ2) is 5.85. The molecule has 0 saturated carbocycles. The van der Waals surface area contributed by atoms with Crippen molar-refractivity contribution < 1.29 is 14.7 Å². The fraction of sp³-hybridized carbons (Fsp3) is 0.500. The van der Waals surface area contributed by atoms with Crippen LogP contribution in [-0.4, -0.2) is 53.0 Å². The van der Waals surface area contributed by atoms with Crippen molar-refractivity contribution in [2.45, 2.75) is 25.3 Å². The van der Waals surface area contributed by atoms with E-state index < -0.39 is 6.09 Å². The Morgan fingerprint density at radius 1 is 1.10 bits per heavy atom. The highest BCUT2D eigenvalue weighted by molar-refractivity contribution is 5.86. The summed E-state index contributed by atoms with van der Waals surface area (Å²) in [6.45, 7) is 2.19. The van der Waals surface area contributed by atoms with Crippen LogP contribution in [0, 0.1) is 0 Å². The second-order valence-electron chi connectivity index (χ2n) is 5.73. The van der Waals surface area contributed by atoms with Crippen LogP contribution in [0.2, 0.25) is 0 Å². The molecule has 1 aliphatic carbocycles. The van der Waals surface area contributed by atoms with Crippen molar-refractivity contribution in [1.82, 2.24) is 9.80 Å². The summed E-state index contributed by atoms with van der Waals surface area (Å²) in [6, 6.07) is 7.97. The van der Waals surface area contributed by atoms with Crippen LogP contribution in [-0.2, 0) is 11.2 Å². The lowest BCUT2D eigenvalue weighted by atomic mass is 9.96. The molecule has 5 nitrogen and oxygen atoms in total. The summed E-state index contributed by atoms with van der Waals surface area (Å²) >= 11 is 0. The van der Waals surface area contributed by atoms with E-state index in [4.69, 9.17) is 5.11 Å². The predicted octanol–water partition coefficient (Wildman–Crippen LogP) is 1.93. The number of aryl methyl sites for hydroxylation is 1.